The molecule has 1 saturated carbocycles. The number of aliphatic carboxylic acids is 1. The van der Waals surface area contributed by atoms with E-state index in [9.17, 15) is 14.7 Å². The van der Waals surface area contributed by atoms with Crippen LogP contribution in [0, 0.1) is 0 Å². The molecule has 0 aromatic heterocycles. The molecule has 94 valence electrons. The summed E-state index contributed by atoms with van der Waals surface area (Å²) in [6.07, 6.45) is 8.58. The fraction of sp³-hybridized carbons (Fsp3) is 0.692. The van der Waals surface area contributed by atoms with E-state index in [0.29, 0.717) is 12.8 Å². The highest BCUT2D eigenvalue weighted by molar-refractivity contribution is 5.97. The molecule has 0 bridgehead atoms. The summed E-state index contributed by atoms with van der Waals surface area (Å²) in [6, 6.07) is 0. The Kier molecular flexibility index (Phi) is 3.50. The lowest BCUT2D eigenvalue weighted by Gasteiger charge is -2.34. The number of nitrogens with one attached hydrogen (secondary N) is 1. The van der Waals surface area contributed by atoms with Gasteiger partial charge in [0.1, 0.15) is 5.54 Å². The lowest BCUT2D eigenvalue weighted by Crippen LogP contribution is -2.55. The van der Waals surface area contributed by atoms with Crippen molar-refractivity contribution < 1.29 is 14.7 Å². The van der Waals surface area contributed by atoms with Crippen LogP contribution in [0.3, 0.4) is 0 Å². The van der Waals surface area contributed by atoms with Gasteiger partial charge in [0.15, 0.2) is 0 Å². The van der Waals surface area contributed by atoms with Crippen LogP contribution in [-0.2, 0) is 9.59 Å². The number of carbonyl (C=O) groups excluding carboxylic acids is 1. The van der Waals surface area contributed by atoms with E-state index in [4.69, 9.17) is 0 Å². The van der Waals surface area contributed by atoms with E-state index in [0.717, 1.165) is 44.1 Å². The van der Waals surface area contributed by atoms with Gasteiger partial charge in [0.25, 0.3) is 0 Å². The average molecular weight is 237 g/mol. The number of hydrogen-bond acceptors (Lipinski definition) is 2. The zero-order chi connectivity index (χ0) is 12.3. The Morgan fingerprint density at radius 1 is 1.18 bits per heavy atom. The second-order valence-electron chi connectivity index (χ2n) is 5.02. The van der Waals surface area contributed by atoms with Gasteiger partial charge in [0, 0.05) is 5.57 Å². The SMILES string of the molecule is O=C(NC1(C(=O)O)CCCCC1)C1=CCCC1. The van der Waals surface area contributed by atoms with Gasteiger partial charge in [-0.2, -0.15) is 0 Å². The summed E-state index contributed by atoms with van der Waals surface area (Å²) in [4.78, 5) is 23.4. The van der Waals surface area contributed by atoms with Crippen LogP contribution in [0.2, 0.25) is 0 Å². The molecular formula is C13H19NO3. The first kappa shape index (κ1) is 12.1. The molecular weight excluding hydrogens is 218 g/mol. The highest BCUT2D eigenvalue weighted by Crippen LogP contribution is 2.29. The second kappa shape index (κ2) is 4.90. The lowest BCUT2D eigenvalue weighted by atomic mass is 9.81. The van der Waals surface area contributed by atoms with Crippen LogP contribution < -0.4 is 5.32 Å². The third-order valence-corrected chi connectivity index (χ3v) is 3.80. The van der Waals surface area contributed by atoms with Crippen molar-refractivity contribution in [3.8, 4) is 0 Å². The molecule has 1 amide bonds. The van der Waals surface area contributed by atoms with Gasteiger partial charge >= 0.3 is 5.97 Å². The van der Waals surface area contributed by atoms with E-state index in [1.807, 2.05) is 6.08 Å². The van der Waals surface area contributed by atoms with Crippen molar-refractivity contribution in [2.75, 3.05) is 0 Å². The van der Waals surface area contributed by atoms with Crippen molar-refractivity contribution in [3.63, 3.8) is 0 Å². The Morgan fingerprint density at radius 3 is 2.41 bits per heavy atom. The van der Waals surface area contributed by atoms with Crippen molar-refractivity contribution in [1.29, 1.82) is 0 Å². The fourth-order valence-electron chi connectivity index (χ4n) is 2.72. The molecule has 17 heavy (non-hydrogen) atoms. The van der Waals surface area contributed by atoms with Crippen LogP contribution in [-0.4, -0.2) is 22.5 Å². The summed E-state index contributed by atoms with van der Waals surface area (Å²) in [7, 11) is 0. The Balaban J connectivity index is 2.07. The minimum absolute atomic E-state index is 0.174. The molecule has 0 atom stereocenters. The molecule has 2 rings (SSSR count). The molecule has 2 aliphatic carbocycles. The highest BCUT2D eigenvalue weighted by Gasteiger charge is 2.41. The summed E-state index contributed by atoms with van der Waals surface area (Å²) < 4.78 is 0. The standard InChI is InChI=1S/C13H19NO3/c15-11(10-6-2-3-7-10)14-13(12(16)17)8-4-1-5-9-13/h6H,1-5,7-9H2,(H,14,15)(H,16,17). The molecule has 0 heterocycles. The summed E-state index contributed by atoms with van der Waals surface area (Å²) in [5, 5.41) is 12.1. The number of amides is 1. The van der Waals surface area contributed by atoms with E-state index in [2.05, 4.69) is 5.32 Å². The van der Waals surface area contributed by atoms with Crippen LogP contribution in [0.25, 0.3) is 0 Å². The topological polar surface area (TPSA) is 66.4 Å². The van der Waals surface area contributed by atoms with Crippen LogP contribution in [0.15, 0.2) is 11.6 Å². The Bertz CT molecular complexity index is 354. The minimum atomic E-state index is -1.02. The van der Waals surface area contributed by atoms with Crippen molar-refractivity contribution in [2.24, 2.45) is 0 Å². The van der Waals surface area contributed by atoms with Gasteiger partial charge in [-0.1, -0.05) is 25.3 Å². The van der Waals surface area contributed by atoms with Crippen molar-refractivity contribution in [3.05, 3.63) is 11.6 Å². The zero-order valence-electron chi connectivity index (χ0n) is 10.00. The Morgan fingerprint density at radius 2 is 1.88 bits per heavy atom. The molecule has 2 N–H and O–H groups in total. The number of rotatable bonds is 3. The van der Waals surface area contributed by atoms with Crippen LogP contribution in [0.4, 0.5) is 0 Å². The maximum absolute atomic E-state index is 12.0. The number of carboxylic acid groups (broad SMARTS) is 1. The molecule has 2 aliphatic rings. The van der Waals surface area contributed by atoms with Gasteiger partial charge in [0.05, 0.1) is 0 Å². The fourth-order valence-corrected chi connectivity index (χ4v) is 2.72. The highest BCUT2D eigenvalue weighted by atomic mass is 16.4. The van der Waals surface area contributed by atoms with E-state index < -0.39 is 11.5 Å². The monoisotopic (exact) mass is 237 g/mol. The molecule has 4 heteroatoms. The van der Waals surface area contributed by atoms with Crippen molar-refractivity contribution in [1.82, 2.24) is 5.32 Å². The molecule has 0 aromatic rings. The normalized spacial score (nSPS) is 22.9. The molecule has 0 aliphatic heterocycles. The number of allylic oxidation sites excluding steroid dienone is 1. The molecule has 4 nitrogen and oxygen atoms in total. The van der Waals surface area contributed by atoms with Gasteiger partial charge in [-0.3, -0.25) is 4.79 Å². The van der Waals surface area contributed by atoms with Crippen LogP contribution >= 0.6 is 0 Å². The van der Waals surface area contributed by atoms with E-state index in [-0.39, 0.29) is 5.91 Å². The largest absolute Gasteiger partial charge is 0.480 e. The molecule has 0 unspecified atom stereocenters. The maximum Gasteiger partial charge on any atom is 0.329 e. The number of hydrogen-bond donors (Lipinski definition) is 2. The average Bonchev–Trinajstić information content (AvgIpc) is 2.83. The van der Waals surface area contributed by atoms with E-state index in [1.54, 1.807) is 0 Å². The second-order valence-corrected chi connectivity index (χ2v) is 5.02. The number of carbonyl (C=O) groups is 2. The molecule has 0 aromatic carbocycles. The van der Waals surface area contributed by atoms with Gasteiger partial charge in [-0.15, -0.1) is 0 Å². The number of carboxylic acids is 1. The predicted octanol–water partition coefficient (Wildman–Crippen LogP) is 2.00. The van der Waals surface area contributed by atoms with Gasteiger partial charge in [-0.05, 0) is 32.1 Å². The van der Waals surface area contributed by atoms with E-state index in [1.165, 1.54) is 0 Å². The smallest absolute Gasteiger partial charge is 0.329 e. The lowest BCUT2D eigenvalue weighted by molar-refractivity contribution is -0.148. The quantitative estimate of drug-likeness (QED) is 0.789. The predicted molar refractivity (Wildman–Crippen MR) is 63.5 cm³/mol. The minimum Gasteiger partial charge on any atom is -0.480 e. The third-order valence-electron chi connectivity index (χ3n) is 3.80. The molecule has 0 radical (unpaired) electrons. The maximum atomic E-state index is 12.0. The first-order chi connectivity index (χ1) is 8.14. The first-order valence-corrected chi connectivity index (χ1v) is 6.39. The molecule has 0 saturated heterocycles. The van der Waals surface area contributed by atoms with Gasteiger partial charge in [-0.25, -0.2) is 4.79 Å². The van der Waals surface area contributed by atoms with E-state index >= 15 is 0 Å². The summed E-state index contributed by atoms with van der Waals surface area (Å²) in [5.41, 5.74) is -0.255. The van der Waals surface area contributed by atoms with Gasteiger partial charge < -0.3 is 10.4 Å². The molecule has 0 spiro atoms. The van der Waals surface area contributed by atoms with Crippen molar-refractivity contribution in [2.45, 2.75) is 56.9 Å². The van der Waals surface area contributed by atoms with Crippen LogP contribution in [0.1, 0.15) is 51.4 Å². The molecule has 1 fully saturated rings. The summed E-state index contributed by atoms with van der Waals surface area (Å²) in [6.45, 7) is 0. The first-order valence-electron chi connectivity index (χ1n) is 6.39. The van der Waals surface area contributed by atoms with Crippen molar-refractivity contribution >= 4 is 11.9 Å². The Hall–Kier alpha value is -1.32. The third kappa shape index (κ3) is 2.51. The Labute approximate surface area is 101 Å². The van der Waals surface area contributed by atoms with Gasteiger partial charge in [0.2, 0.25) is 5.91 Å². The van der Waals surface area contributed by atoms with Crippen LogP contribution in [0.5, 0.6) is 0 Å². The summed E-state index contributed by atoms with van der Waals surface area (Å²) >= 11 is 0. The summed E-state index contributed by atoms with van der Waals surface area (Å²) in [5.74, 6) is -1.06. The zero-order valence-corrected chi connectivity index (χ0v) is 10.00.